The molecular weight excluding hydrogens is 390 g/mol. The summed E-state index contributed by atoms with van der Waals surface area (Å²) in [4.78, 5) is 31.0. The van der Waals surface area contributed by atoms with Crippen LogP contribution in [0.1, 0.15) is 81.1 Å². The summed E-state index contributed by atoms with van der Waals surface area (Å²) in [5.74, 6) is -0.287. The van der Waals surface area contributed by atoms with Crippen LogP contribution < -0.4 is 16.4 Å². The molecular formula is C24H31N5O2. The van der Waals surface area contributed by atoms with Gasteiger partial charge in [0.05, 0.1) is 10.9 Å². The lowest BCUT2D eigenvalue weighted by molar-refractivity contribution is 0.0950. The maximum atomic E-state index is 13.3. The lowest BCUT2D eigenvalue weighted by Crippen LogP contribution is -2.37. The van der Waals surface area contributed by atoms with Crippen molar-refractivity contribution < 1.29 is 4.79 Å². The molecule has 0 aliphatic heterocycles. The van der Waals surface area contributed by atoms with E-state index in [1.165, 1.54) is 10.8 Å². The average Bonchev–Trinajstić information content (AvgIpc) is 2.79. The molecule has 0 unspecified atom stereocenters. The first-order valence-electron chi connectivity index (χ1n) is 11.5. The number of hydrogen-bond acceptors (Lipinski definition) is 4. The van der Waals surface area contributed by atoms with Crippen molar-refractivity contribution in [1.82, 2.24) is 19.3 Å². The van der Waals surface area contributed by atoms with Gasteiger partial charge in [-0.1, -0.05) is 51.5 Å². The van der Waals surface area contributed by atoms with E-state index in [2.05, 4.69) is 12.2 Å². The summed E-state index contributed by atoms with van der Waals surface area (Å²) >= 11 is 0. The molecule has 4 rings (SSSR count). The SMILES string of the molecule is CCCCCCNC(=O)c1cc2c(=O)n3ccccc3nc2n(C2CCCCC2)c1=N. The van der Waals surface area contributed by atoms with Crippen molar-refractivity contribution in [3.8, 4) is 0 Å². The normalized spacial score (nSPS) is 14.9. The Bertz CT molecular complexity index is 1200. The van der Waals surface area contributed by atoms with Crippen molar-refractivity contribution in [3.05, 3.63) is 51.9 Å². The Labute approximate surface area is 181 Å². The van der Waals surface area contributed by atoms with Crippen molar-refractivity contribution in [3.63, 3.8) is 0 Å². The van der Waals surface area contributed by atoms with Crippen molar-refractivity contribution >= 4 is 22.6 Å². The van der Waals surface area contributed by atoms with Crippen LogP contribution in [0.3, 0.4) is 0 Å². The summed E-state index contributed by atoms with van der Waals surface area (Å²) in [6, 6.07) is 7.08. The van der Waals surface area contributed by atoms with Crippen molar-refractivity contribution in [1.29, 1.82) is 5.41 Å². The van der Waals surface area contributed by atoms with E-state index in [1.54, 1.807) is 24.4 Å². The van der Waals surface area contributed by atoms with Gasteiger partial charge in [-0.2, -0.15) is 0 Å². The molecule has 3 aromatic heterocycles. The number of nitrogens with zero attached hydrogens (tertiary/aromatic N) is 3. The first kappa shape index (κ1) is 21.3. The number of carbonyl (C=O) groups excluding carboxylic acids is 1. The molecule has 164 valence electrons. The molecule has 1 aliphatic carbocycles. The summed E-state index contributed by atoms with van der Waals surface area (Å²) in [5, 5.41) is 12.2. The summed E-state index contributed by atoms with van der Waals surface area (Å²) in [5.41, 5.74) is 1.26. The second kappa shape index (κ2) is 9.45. The Hall–Kier alpha value is -2.96. The molecule has 0 aromatic carbocycles. The number of fused-ring (bicyclic) bond motifs is 2. The van der Waals surface area contributed by atoms with Gasteiger partial charge in [-0.05, 0) is 37.5 Å². The zero-order valence-corrected chi connectivity index (χ0v) is 18.2. The molecule has 1 fully saturated rings. The molecule has 0 bridgehead atoms. The first-order chi connectivity index (χ1) is 15.1. The maximum Gasteiger partial charge on any atom is 0.267 e. The number of aromatic nitrogens is 3. The van der Waals surface area contributed by atoms with E-state index in [4.69, 9.17) is 10.4 Å². The minimum absolute atomic E-state index is 0.0825. The highest BCUT2D eigenvalue weighted by molar-refractivity contribution is 5.96. The van der Waals surface area contributed by atoms with Crippen LogP contribution >= 0.6 is 0 Å². The monoisotopic (exact) mass is 421 g/mol. The van der Waals surface area contributed by atoms with Crippen LogP contribution in [0.25, 0.3) is 16.7 Å². The summed E-state index contributed by atoms with van der Waals surface area (Å²) in [7, 11) is 0. The largest absolute Gasteiger partial charge is 0.352 e. The molecule has 3 heterocycles. The topological polar surface area (TPSA) is 92.2 Å². The van der Waals surface area contributed by atoms with Crippen LogP contribution in [0, 0.1) is 5.41 Å². The number of nitrogens with one attached hydrogen (secondary N) is 2. The summed E-state index contributed by atoms with van der Waals surface area (Å²) in [6.45, 7) is 2.73. The molecule has 1 aliphatic rings. The summed E-state index contributed by atoms with van der Waals surface area (Å²) < 4.78 is 3.35. The summed E-state index contributed by atoms with van der Waals surface area (Å²) in [6.07, 6.45) is 11.2. The molecule has 1 amide bonds. The fraction of sp³-hybridized carbons (Fsp3) is 0.500. The smallest absolute Gasteiger partial charge is 0.267 e. The number of amides is 1. The minimum atomic E-state index is -0.287. The number of rotatable bonds is 7. The van der Waals surface area contributed by atoms with Gasteiger partial charge >= 0.3 is 0 Å². The van der Waals surface area contributed by atoms with E-state index in [9.17, 15) is 9.59 Å². The third-order valence-electron chi connectivity index (χ3n) is 6.26. The fourth-order valence-electron chi connectivity index (χ4n) is 4.57. The molecule has 2 N–H and O–H groups in total. The number of unbranched alkanes of at least 4 members (excludes halogenated alkanes) is 3. The van der Waals surface area contributed by atoms with E-state index < -0.39 is 0 Å². The second-order valence-corrected chi connectivity index (χ2v) is 8.47. The fourth-order valence-corrected chi connectivity index (χ4v) is 4.57. The van der Waals surface area contributed by atoms with Crippen LogP contribution in [-0.4, -0.2) is 26.4 Å². The van der Waals surface area contributed by atoms with Gasteiger partial charge in [-0.3, -0.25) is 19.4 Å². The van der Waals surface area contributed by atoms with Gasteiger partial charge in [0.15, 0.2) is 0 Å². The molecule has 3 aromatic rings. The molecule has 0 spiro atoms. The zero-order valence-electron chi connectivity index (χ0n) is 18.2. The van der Waals surface area contributed by atoms with Gasteiger partial charge in [0.2, 0.25) is 0 Å². The predicted molar refractivity (Wildman–Crippen MR) is 121 cm³/mol. The van der Waals surface area contributed by atoms with E-state index >= 15 is 0 Å². The second-order valence-electron chi connectivity index (χ2n) is 8.47. The highest BCUT2D eigenvalue weighted by Crippen LogP contribution is 2.29. The van der Waals surface area contributed by atoms with Crippen molar-refractivity contribution in [2.24, 2.45) is 0 Å². The number of hydrogen-bond donors (Lipinski definition) is 2. The van der Waals surface area contributed by atoms with E-state index in [0.717, 1.165) is 51.4 Å². The highest BCUT2D eigenvalue weighted by atomic mass is 16.1. The predicted octanol–water partition coefficient (Wildman–Crippen LogP) is 3.94. The van der Waals surface area contributed by atoms with Gasteiger partial charge in [-0.15, -0.1) is 0 Å². The van der Waals surface area contributed by atoms with Gasteiger partial charge in [0.1, 0.15) is 16.8 Å². The van der Waals surface area contributed by atoms with Crippen LogP contribution in [0.5, 0.6) is 0 Å². The molecule has 1 saturated carbocycles. The lowest BCUT2D eigenvalue weighted by atomic mass is 9.94. The Kier molecular flexibility index (Phi) is 6.49. The molecule has 7 heteroatoms. The standard InChI is InChI=1S/C24H31N5O2/c1-2-3-4-9-14-26-23(30)18-16-19-22(27-20-13-8-10-15-28(20)24(19)31)29(21(18)25)17-11-6-5-7-12-17/h8,10,13,15-17,25H,2-7,9,11-12,14H2,1H3,(H,26,30). The van der Waals surface area contributed by atoms with Gasteiger partial charge in [0.25, 0.3) is 11.5 Å². The van der Waals surface area contributed by atoms with E-state index in [1.807, 2.05) is 10.6 Å². The average molecular weight is 422 g/mol. The third-order valence-corrected chi connectivity index (χ3v) is 6.26. The number of carbonyl (C=O) groups is 1. The highest BCUT2D eigenvalue weighted by Gasteiger charge is 2.23. The first-order valence-corrected chi connectivity index (χ1v) is 11.5. The van der Waals surface area contributed by atoms with Gasteiger partial charge < -0.3 is 9.88 Å². The van der Waals surface area contributed by atoms with Crippen LogP contribution in [0.2, 0.25) is 0 Å². The molecule has 0 saturated heterocycles. The Morgan fingerprint density at radius 1 is 1.19 bits per heavy atom. The Balaban J connectivity index is 1.83. The van der Waals surface area contributed by atoms with Crippen LogP contribution in [0.15, 0.2) is 35.3 Å². The Morgan fingerprint density at radius 3 is 2.77 bits per heavy atom. The van der Waals surface area contributed by atoms with Crippen LogP contribution in [0.4, 0.5) is 0 Å². The third kappa shape index (κ3) is 4.27. The molecule has 0 radical (unpaired) electrons. The molecule has 31 heavy (non-hydrogen) atoms. The van der Waals surface area contributed by atoms with Gasteiger partial charge in [-0.25, -0.2) is 4.98 Å². The lowest BCUT2D eigenvalue weighted by Gasteiger charge is -2.26. The number of pyridine rings is 2. The van der Waals surface area contributed by atoms with Gasteiger partial charge in [0, 0.05) is 18.8 Å². The Morgan fingerprint density at radius 2 is 2.00 bits per heavy atom. The van der Waals surface area contributed by atoms with Crippen LogP contribution in [-0.2, 0) is 0 Å². The molecule has 0 atom stereocenters. The quantitative estimate of drug-likeness (QED) is 0.447. The van der Waals surface area contributed by atoms with Crippen molar-refractivity contribution in [2.75, 3.05) is 6.54 Å². The minimum Gasteiger partial charge on any atom is -0.352 e. The van der Waals surface area contributed by atoms with E-state index in [-0.39, 0.29) is 28.6 Å². The molecule has 7 nitrogen and oxygen atoms in total. The zero-order chi connectivity index (χ0) is 21.8. The van der Waals surface area contributed by atoms with E-state index in [0.29, 0.717) is 23.2 Å². The maximum absolute atomic E-state index is 13.3. The van der Waals surface area contributed by atoms with Crippen molar-refractivity contribution in [2.45, 2.75) is 70.8 Å².